The summed E-state index contributed by atoms with van der Waals surface area (Å²) in [5.74, 6) is -1.72. The van der Waals surface area contributed by atoms with Gasteiger partial charge in [-0.2, -0.15) is 0 Å². The number of carbonyl (C=O) groups excluding carboxylic acids is 2. The maximum Gasteiger partial charge on any atom is 0.244 e. The number of nitrogens with one attached hydrogen (secondary N) is 1. The maximum absolute atomic E-state index is 14.7. The lowest BCUT2D eigenvalue weighted by Crippen LogP contribution is -2.54. The van der Waals surface area contributed by atoms with Crippen LogP contribution in [0.1, 0.15) is 25.0 Å². The van der Waals surface area contributed by atoms with Gasteiger partial charge in [-0.15, -0.1) is 0 Å². The van der Waals surface area contributed by atoms with Crippen molar-refractivity contribution in [2.75, 3.05) is 17.1 Å². The van der Waals surface area contributed by atoms with E-state index in [0.29, 0.717) is 0 Å². The molecule has 0 heterocycles. The predicted molar refractivity (Wildman–Crippen MR) is 153 cm³/mol. The number of benzene rings is 3. The van der Waals surface area contributed by atoms with Crippen molar-refractivity contribution >= 4 is 50.7 Å². The lowest BCUT2D eigenvalue weighted by atomic mass is 10.0. The summed E-state index contributed by atoms with van der Waals surface area (Å²) in [6.07, 6.45) is 1.07. The van der Waals surface area contributed by atoms with E-state index in [0.717, 1.165) is 16.1 Å². The van der Waals surface area contributed by atoms with E-state index in [2.05, 4.69) is 5.32 Å². The predicted octanol–water partition coefficient (Wildman–Crippen LogP) is 5.06. The molecule has 0 bridgehead atoms. The zero-order valence-electron chi connectivity index (χ0n) is 21.8. The van der Waals surface area contributed by atoms with Crippen molar-refractivity contribution in [3.05, 3.63) is 99.8 Å². The van der Waals surface area contributed by atoms with Crippen LogP contribution in [0.15, 0.2) is 72.8 Å². The second-order valence-corrected chi connectivity index (χ2v) is 12.1. The molecule has 3 rings (SSSR count). The van der Waals surface area contributed by atoms with Crippen molar-refractivity contribution in [3.63, 3.8) is 0 Å². The Labute approximate surface area is 238 Å². The van der Waals surface area contributed by atoms with E-state index in [1.807, 2.05) is 30.3 Å². The second kappa shape index (κ2) is 13.3. The van der Waals surface area contributed by atoms with Gasteiger partial charge in [0, 0.05) is 29.6 Å². The number of rotatable bonds is 11. The van der Waals surface area contributed by atoms with Crippen LogP contribution in [0.4, 0.5) is 10.1 Å². The van der Waals surface area contributed by atoms with Crippen LogP contribution in [-0.4, -0.2) is 50.0 Å². The third kappa shape index (κ3) is 8.42. The summed E-state index contributed by atoms with van der Waals surface area (Å²) >= 11 is 12.3. The highest BCUT2D eigenvalue weighted by Gasteiger charge is 2.34. The van der Waals surface area contributed by atoms with Crippen LogP contribution in [0.3, 0.4) is 0 Å². The van der Waals surface area contributed by atoms with Crippen LogP contribution < -0.4 is 9.62 Å². The molecule has 0 saturated heterocycles. The number of hydrogen-bond donors (Lipinski definition) is 1. The first-order valence-electron chi connectivity index (χ1n) is 12.2. The lowest BCUT2D eigenvalue weighted by Gasteiger charge is -2.34. The van der Waals surface area contributed by atoms with Crippen LogP contribution in [0, 0.1) is 5.82 Å². The molecule has 39 heavy (non-hydrogen) atoms. The van der Waals surface area contributed by atoms with Gasteiger partial charge in [0.2, 0.25) is 21.8 Å². The van der Waals surface area contributed by atoms with Gasteiger partial charge >= 0.3 is 0 Å². The van der Waals surface area contributed by atoms with E-state index in [-0.39, 0.29) is 40.3 Å². The van der Waals surface area contributed by atoms with Crippen molar-refractivity contribution < 1.29 is 22.4 Å². The Morgan fingerprint density at radius 2 is 1.62 bits per heavy atom. The highest BCUT2D eigenvalue weighted by molar-refractivity contribution is 7.92. The summed E-state index contributed by atoms with van der Waals surface area (Å²) in [7, 11) is -4.00. The van der Waals surface area contributed by atoms with Gasteiger partial charge in [0.1, 0.15) is 18.4 Å². The number of nitrogens with zero attached hydrogens (tertiary/aromatic N) is 2. The van der Waals surface area contributed by atoms with Crippen LogP contribution in [-0.2, 0) is 32.6 Å². The van der Waals surface area contributed by atoms with Crippen LogP contribution in [0.2, 0.25) is 10.0 Å². The largest absolute Gasteiger partial charge is 0.352 e. The van der Waals surface area contributed by atoms with Gasteiger partial charge in [0.15, 0.2) is 0 Å². The Morgan fingerprint density at radius 1 is 0.974 bits per heavy atom. The van der Waals surface area contributed by atoms with Crippen LogP contribution >= 0.6 is 23.2 Å². The molecule has 0 aliphatic carbocycles. The molecular formula is C28H30Cl2FN3O4S. The molecule has 1 N–H and O–H groups in total. The third-order valence-corrected chi connectivity index (χ3v) is 7.52. The van der Waals surface area contributed by atoms with E-state index >= 15 is 0 Å². The van der Waals surface area contributed by atoms with E-state index in [4.69, 9.17) is 23.2 Å². The topological polar surface area (TPSA) is 86.8 Å². The fraction of sp³-hybridized carbons (Fsp3) is 0.286. The summed E-state index contributed by atoms with van der Waals surface area (Å²) in [6, 6.07) is 17.9. The van der Waals surface area contributed by atoms with Gasteiger partial charge in [0.25, 0.3) is 0 Å². The first-order valence-corrected chi connectivity index (χ1v) is 14.8. The molecule has 11 heteroatoms. The number of halogens is 3. The average molecular weight is 595 g/mol. The summed E-state index contributed by atoms with van der Waals surface area (Å²) in [5, 5.41) is 3.15. The van der Waals surface area contributed by atoms with Crippen molar-refractivity contribution in [2.45, 2.75) is 38.9 Å². The summed E-state index contributed by atoms with van der Waals surface area (Å²) in [5.41, 5.74) is 0.999. The normalized spacial score (nSPS) is 12.2. The first kappa shape index (κ1) is 30.4. The molecule has 0 aliphatic rings. The van der Waals surface area contributed by atoms with E-state index < -0.39 is 40.2 Å². The van der Waals surface area contributed by atoms with Crippen molar-refractivity contribution in [1.82, 2.24) is 10.2 Å². The average Bonchev–Trinajstić information content (AvgIpc) is 2.85. The summed E-state index contributed by atoms with van der Waals surface area (Å²) in [6.45, 7) is 2.64. The van der Waals surface area contributed by atoms with Crippen molar-refractivity contribution in [1.29, 1.82) is 0 Å². The van der Waals surface area contributed by atoms with E-state index in [9.17, 15) is 22.4 Å². The van der Waals surface area contributed by atoms with Gasteiger partial charge in [-0.05, 0) is 43.7 Å². The van der Waals surface area contributed by atoms with Crippen molar-refractivity contribution in [3.8, 4) is 0 Å². The minimum Gasteiger partial charge on any atom is -0.352 e. The molecule has 0 aromatic heterocycles. The molecule has 1 atom stereocenters. The molecule has 0 fully saturated rings. The molecule has 3 aromatic carbocycles. The van der Waals surface area contributed by atoms with Gasteiger partial charge in [-0.3, -0.25) is 13.9 Å². The monoisotopic (exact) mass is 593 g/mol. The molecule has 0 spiro atoms. The Morgan fingerprint density at radius 3 is 2.21 bits per heavy atom. The standard InChI is InChI=1S/C28H30Cl2FN3O4S/c1-19(2)32-28(36)26(15-20-9-5-4-6-10-20)33(17-21-11-7-8-12-24(21)31)27(35)18-34(39(3,37)38)25-14-13-22(29)16-23(25)30/h4-14,16,19,26H,15,17-18H2,1-3H3,(H,32,36)/t26-/m0/s1. The molecule has 0 saturated carbocycles. The lowest BCUT2D eigenvalue weighted by molar-refractivity contribution is -0.140. The van der Waals surface area contributed by atoms with Gasteiger partial charge in [-0.1, -0.05) is 71.7 Å². The molecule has 2 amide bonds. The minimum atomic E-state index is -4.00. The second-order valence-electron chi connectivity index (χ2n) is 9.35. The number of hydrogen-bond acceptors (Lipinski definition) is 4. The van der Waals surface area contributed by atoms with E-state index in [1.54, 1.807) is 19.9 Å². The molecule has 0 unspecified atom stereocenters. The Balaban J connectivity index is 2.08. The molecule has 208 valence electrons. The smallest absolute Gasteiger partial charge is 0.244 e. The highest BCUT2D eigenvalue weighted by atomic mass is 35.5. The Kier molecular flexibility index (Phi) is 10.4. The quantitative estimate of drug-likeness (QED) is 0.336. The molecule has 3 aromatic rings. The number of sulfonamides is 1. The molecule has 0 radical (unpaired) electrons. The zero-order chi connectivity index (χ0) is 28.7. The maximum atomic E-state index is 14.7. The van der Waals surface area contributed by atoms with Gasteiger partial charge in [-0.25, -0.2) is 12.8 Å². The Bertz CT molecular complexity index is 1420. The Hall–Kier alpha value is -3.14. The fourth-order valence-corrected chi connectivity index (χ4v) is 5.45. The number of carbonyl (C=O) groups is 2. The fourth-order valence-electron chi connectivity index (χ4n) is 4.02. The third-order valence-electron chi connectivity index (χ3n) is 5.86. The number of anilines is 1. The van der Waals surface area contributed by atoms with Crippen LogP contribution in [0.25, 0.3) is 0 Å². The zero-order valence-corrected chi connectivity index (χ0v) is 24.1. The van der Waals surface area contributed by atoms with Gasteiger partial charge in [0.05, 0.1) is 17.0 Å². The van der Waals surface area contributed by atoms with E-state index in [1.165, 1.54) is 41.3 Å². The molecular weight excluding hydrogens is 564 g/mol. The highest BCUT2D eigenvalue weighted by Crippen LogP contribution is 2.30. The SMILES string of the molecule is CC(C)NC(=O)[C@H](Cc1ccccc1)N(Cc1ccccc1F)C(=O)CN(c1ccc(Cl)cc1Cl)S(C)(=O)=O. The van der Waals surface area contributed by atoms with Crippen LogP contribution in [0.5, 0.6) is 0 Å². The number of amides is 2. The summed E-state index contributed by atoms with van der Waals surface area (Å²) < 4.78 is 41.2. The molecule has 7 nitrogen and oxygen atoms in total. The van der Waals surface area contributed by atoms with Crippen molar-refractivity contribution in [2.24, 2.45) is 0 Å². The minimum absolute atomic E-state index is 0.0276. The summed E-state index contributed by atoms with van der Waals surface area (Å²) in [4.78, 5) is 28.6. The first-order chi connectivity index (χ1) is 18.4. The molecule has 0 aliphatic heterocycles. The van der Waals surface area contributed by atoms with Gasteiger partial charge < -0.3 is 10.2 Å².